The molecule has 21 heavy (non-hydrogen) atoms. The van der Waals surface area contributed by atoms with Crippen molar-refractivity contribution in [3.05, 3.63) is 35.2 Å². The van der Waals surface area contributed by atoms with Crippen LogP contribution in [0.4, 0.5) is 0 Å². The molecule has 0 N–H and O–H groups in total. The second kappa shape index (κ2) is 5.56. The topological polar surface area (TPSA) is 31.3 Å². The van der Waals surface area contributed by atoms with Gasteiger partial charge < -0.3 is 9.80 Å². The largest absolute Gasteiger partial charge is 0.333 e. The first-order chi connectivity index (χ1) is 10.2. The van der Waals surface area contributed by atoms with E-state index < -0.39 is 0 Å². The molecule has 0 spiro atoms. The summed E-state index contributed by atoms with van der Waals surface area (Å²) in [4.78, 5) is 14.8. The first kappa shape index (κ1) is 14.2. The third-order valence-electron chi connectivity index (χ3n) is 4.31. The maximum absolute atomic E-state index is 5.35. The summed E-state index contributed by atoms with van der Waals surface area (Å²) in [5, 5.41) is 1.84. The van der Waals surface area contributed by atoms with Crippen molar-refractivity contribution in [3.63, 3.8) is 0 Å². The molecule has 3 heterocycles. The van der Waals surface area contributed by atoms with Crippen molar-refractivity contribution in [1.82, 2.24) is 14.9 Å². The first-order valence-electron chi connectivity index (χ1n) is 7.72. The molecule has 0 aliphatic carbocycles. The lowest BCUT2D eigenvalue weighted by atomic mass is 9.91. The van der Waals surface area contributed by atoms with Crippen LogP contribution in [0.3, 0.4) is 0 Å². The quantitative estimate of drug-likeness (QED) is 0.796. The lowest BCUT2D eigenvalue weighted by Gasteiger charge is -2.40. The molecule has 0 aromatic rings. The van der Waals surface area contributed by atoms with Crippen LogP contribution < -0.4 is 0 Å². The van der Waals surface area contributed by atoms with Gasteiger partial charge in [-0.15, -0.1) is 0 Å². The van der Waals surface area contributed by atoms with Crippen LogP contribution in [0.1, 0.15) is 33.6 Å². The van der Waals surface area contributed by atoms with E-state index in [9.17, 15) is 0 Å². The molecule has 5 heteroatoms. The molecule has 5 nitrogen and oxygen atoms in total. The predicted octanol–water partition coefficient (Wildman–Crippen LogP) is 2.87. The Hall–Kier alpha value is -1.75. The normalized spacial score (nSPS) is 24.2. The Kier molecular flexibility index (Phi) is 3.76. The summed E-state index contributed by atoms with van der Waals surface area (Å²) in [5.74, 6) is 1.64. The highest BCUT2D eigenvalue weighted by atomic mass is 16.7. The molecule has 0 aromatic heterocycles. The molecule has 0 aromatic carbocycles. The van der Waals surface area contributed by atoms with Gasteiger partial charge in [0.15, 0.2) is 0 Å². The number of nitrogens with zero attached hydrogens (tertiary/aromatic N) is 4. The smallest absolute Gasteiger partial charge is 0.137 e. The zero-order chi connectivity index (χ0) is 15.0. The summed E-state index contributed by atoms with van der Waals surface area (Å²) in [6, 6.07) is 0. The van der Waals surface area contributed by atoms with E-state index in [2.05, 4.69) is 36.8 Å². The van der Waals surface area contributed by atoms with Crippen molar-refractivity contribution in [2.75, 3.05) is 20.3 Å². The number of hydrogen-bond donors (Lipinski definition) is 0. The fourth-order valence-electron chi connectivity index (χ4n) is 3.30. The second-order valence-corrected chi connectivity index (χ2v) is 5.72. The van der Waals surface area contributed by atoms with Gasteiger partial charge in [0.1, 0.15) is 12.5 Å². The fraction of sp³-hybridized carbons (Fsp3) is 0.562. The molecule has 0 saturated carbocycles. The Morgan fingerprint density at radius 3 is 2.81 bits per heavy atom. The van der Waals surface area contributed by atoms with Crippen LogP contribution in [-0.2, 0) is 4.84 Å². The molecule has 0 fully saturated rings. The average Bonchev–Trinajstić information content (AvgIpc) is 2.90. The molecule has 0 bridgehead atoms. The molecule has 0 radical (unpaired) electrons. The molecule has 3 aliphatic rings. The van der Waals surface area contributed by atoms with E-state index in [0.29, 0.717) is 5.92 Å². The van der Waals surface area contributed by atoms with Crippen LogP contribution in [0.25, 0.3) is 0 Å². The number of hydroxylamine groups is 2. The van der Waals surface area contributed by atoms with E-state index in [4.69, 9.17) is 9.83 Å². The lowest BCUT2D eigenvalue weighted by Crippen LogP contribution is -2.40. The Bertz CT molecular complexity index is 546. The number of fused-ring (bicyclic) bond motifs is 2. The first-order valence-corrected chi connectivity index (χ1v) is 7.72. The van der Waals surface area contributed by atoms with Gasteiger partial charge >= 0.3 is 0 Å². The van der Waals surface area contributed by atoms with Crippen molar-refractivity contribution in [2.45, 2.75) is 33.6 Å². The molecular weight excluding hydrogens is 264 g/mol. The maximum atomic E-state index is 5.35. The van der Waals surface area contributed by atoms with Gasteiger partial charge in [0.05, 0.1) is 30.9 Å². The molecule has 3 rings (SSSR count). The number of rotatable bonds is 4. The van der Waals surface area contributed by atoms with E-state index in [1.165, 1.54) is 17.1 Å². The van der Waals surface area contributed by atoms with Crippen LogP contribution >= 0.6 is 0 Å². The van der Waals surface area contributed by atoms with E-state index >= 15 is 0 Å². The highest BCUT2D eigenvalue weighted by Gasteiger charge is 2.36. The van der Waals surface area contributed by atoms with Crippen molar-refractivity contribution >= 4 is 6.21 Å². The standard InChI is InChI=1S/C16H24N4O/c1-5-7-18-9-12(3)14(6-2)15-16(18)20-11-19(21-4)10-13(20)8-17-15/h8-10,14H,5-7,11H2,1-4H3. The van der Waals surface area contributed by atoms with Gasteiger partial charge in [-0.3, -0.25) is 9.83 Å². The van der Waals surface area contributed by atoms with Crippen LogP contribution in [0, 0.1) is 5.92 Å². The Labute approximate surface area is 126 Å². The minimum absolute atomic E-state index is 0.419. The van der Waals surface area contributed by atoms with Crippen LogP contribution in [-0.4, -0.2) is 41.4 Å². The van der Waals surface area contributed by atoms with Crippen molar-refractivity contribution in [3.8, 4) is 0 Å². The maximum Gasteiger partial charge on any atom is 0.137 e. The number of hydrogen-bond acceptors (Lipinski definition) is 5. The molecule has 1 atom stereocenters. The number of aliphatic imine (C=N–C) groups is 1. The Balaban J connectivity index is 2.01. The summed E-state index contributed by atoms with van der Waals surface area (Å²) >= 11 is 0. The minimum Gasteiger partial charge on any atom is -0.333 e. The third kappa shape index (κ3) is 2.25. The molecule has 3 aliphatic heterocycles. The number of allylic oxidation sites excluding steroid dienone is 2. The van der Waals surface area contributed by atoms with Crippen LogP contribution in [0.2, 0.25) is 0 Å². The fourth-order valence-corrected chi connectivity index (χ4v) is 3.30. The monoisotopic (exact) mass is 288 g/mol. The van der Waals surface area contributed by atoms with Crippen molar-refractivity contribution in [2.24, 2.45) is 10.9 Å². The second-order valence-electron chi connectivity index (χ2n) is 5.72. The van der Waals surface area contributed by atoms with E-state index in [-0.39, 0.29) is 0 Å². The van der Waals surface area contributed by atoms with Crippen LogP contribution in [0.5, 0.6) is 0 Å². The molecule has 1 unspecified atom stereocenters. The summed E-state index contributed by atoms with van der Waals surface area (Å²) < 4.78 is 0. The van der Waals surface area contributed by atoms with Gasteiger partial charge in [-0.05, 0) is 25.3 Å². The van der Waals surface area contributed by atoms with Gasteiger partial charge in [0.2, 0.25) is 0 Å². The van der Waals surface area contributed by atoms with Crippen molar-refractivity contribution < 1.29 is 4.84 Å². The predicted molar refractivity (Wildman–Crippen MR) is 83.7 cm³/mol. The highest BCUT2D eigenvalue weighted by Crippen LogP contribution is 2.39. The van der Waals surface area contributed by atoms with E-state index in [1.807, 2.05) is 17.5 Å². The molecule has 0 saturated heterocycles. The summed E-state index contributed by atoms with van der Waals surface area (Å²) in [6.45, 7) is 8.39. The van der Waals surface area contributed by atoms with Gasteiger partial charge in [-0.1, -0.05) is 13.8 Å². The Morgan fingerprint density at radius 2 is 2.14 bits per heavy atom. The Morgan fingerprint density at radius 1 is 1.33 bits per heavy atom. The molecule has 0 amide bonds. The van der Waals surface area contributed by atoms with Gasteiger partial charge in [0, 0.05) is 18.7 Å². The van der Waals surface area contributed by atoms with E-state index in [1.54, 1.807) is 7.11 Å². The average molecular weight is 288 g/mol. The molecule has 114 valence electrons. The van der Waals surface area contributed by atoms with Gasteiger partial charge in [0.25, 0.3) is 0 Å². The SMILES string of the molecule is CCCN1C=C(C)C(CC)C2=C1N1CN(OC)C=C1C=N2. The lowest BCUT2D eigenvalue weighted by molar-refractivity contribution is -0.0968. The highest BCUT2D eigenvalue weighted by molar-refractivity contribution is 5.81. The summed E-state index contributed by atoms with van der Waals surface area (Å²) in [5.41, 5.74) is 3.69. The minimum atomic E-state index is 0.419. The van der Waals surface area contributed by atoms with Crippen LogP contribution in [0.15, 0.2) is 40.2 Å². The van der Waals surface area contributed by atoms with Gasteiger partial charge in [-0.2, -0.15) is 0 Å². The van der Waals surface area contributed by atoms with Gasteiger partial charge in [-0.25, -0.2) is 5.06 Å². The zero-order valence-electron chi connectivity index (χ0n) is 13.3. The zero-order valence-corrected chi connectivity index (χ0v) is 13.3. The van der Waals surface area contributed by atoms with E-state index in [0.717, 1.165) is 31.8 Å². The summed E-state index contributed by atoms with van der Waals surface area (Å²) in [7, 11) is 1.70. The summed E-state index contributed by atoms with van der Waals surface area (Å²) in [6.07, 6.45) is 8.46. The van der Waals surface area contributed by atoms with Crippen molar-refractivity contribution in [1.29, 1.82) is 0 Å². The third-order valence-corrected chi connectivity index (χ3v) is 4.31. The molecular formula is C16H24N4O.